The van der Waals surface area contributed by atoms with Gasteiger partial charge in [0.05, 0.1) is 24.6 Å². The number of ether oxygens (including phenoxy) is 2. The van der Waals surface area contributed by atoms with Gasteiger partial charge in [-0.15, -0.1) is 11.3 Å². The molecule has 0 fully saturated rings. The van der Waals surface area contributed by atoms with Gasteiger partial charge in [-0.3, -0.25) is 4.90 Å². The summed E-state index contributed by atoms with van der Waals surface area (Å²) in [5.74, 6) is 0.160. The molecule has 2 amide bonds. The van der Waals surface area contributed by atoms with Crippen LogP contribution in [0.4, 0.5) is 29.3 Å². The van der Waals surface area contributed by atoms with Crippen LogP contribution >= 0.6 is 11.3 Å². The minimum atomic E-state index is -4.60. The Morgan fingerprint density at radius 3 is 2.69 bits per heavy atom. The zero-order valence-electron chi connectivity index (χ0n) is 20.1. The van der Waals surface area contributed by atoms with Crippen LogP contribution in [0.15, 0.2) is 48.0 Å². The maximum absolute atomic E-state index is 13.5. The third-order valence-electron chi connectivity index (χ3n) is 5.80. The standard InChI is InChI=1S/C25H27F3N4O3S/c1-31(2)10-9-20(22-5-4-12-36-22)35-23-7-6-17(15-29-23)30-24(33)32-11-8-16-13-21(34-3)18(14-19(16)32)25(26,27)28/h4-7,12-15,20H,8-11H2,1-3H3,(H,30,33). The summed E-state index contributed by atoms with van der Waals surface area (Å²) >= 11 is 1.61. The number of benzene rings is 1. The first kappa shape index (κ1) is 25.8. The zero-order chi connectivity index (χ0) is 25.9. The van der Waals surface area contributed by atoms with Gasteiger partial charge in [-0.05, 0) is 55.7 Å². The summed E-state index contributed by atoms with van der Waals surface area (Å²) in [4.78, 5) is 21.7. The minimum absolute atomic E-state index is 0.152. The number of carbonyl (C=O) groups is 1. The summed E-state index contributed by atoms with van der Waals surface area (Å²) in [5, 5.41) is 4.71. The van der Waals surface area contributed by atoms with Crippen LogP contribution in [0.25, 0.3) is 0 Å². The van der Waals surface area contributed by atoms with Crippen LogP contribution in [0.3, 0.4) is 0 Å². The lowest BCUT2D eigenvalue weighted by molar-refractivity contribution is -0.138. The second-order valence-corrected chi connectivity index (χ2v) is 9.59. The third-order valence-corrected chi connectivity index (χ3v) is 6.76. The Morgan fingerprint density at radius 1 is 1.28 bits per heavy atom. The van der Waals surface area contributed by atoms with Gasteiger partial charge in [0.1, 0.15) is 11.9 Å². The van der Waals surface area contributed by atoms with E-state index in [-0.39, 0.29) is 24.1 Å². The second kappa shape index (κ2) is 10.8. The van der Waals surface area contributed by atoms with Crippen LogP contribution in [0.1, 0.15) is 28.5 Å². The fourth-order valence-electron chi connectivity index (χ4n) is 3.99. The van der Waals surface area contributed by atoms with Crippen molar-refractivity contribution in [3.05, 3.63) is 64.0 Å². The molecule has 3 aromatic rings. The Morgan fingerprint density at radius 2 is 2.08 bits per heavy atom. The van der Waals surface area contributed by atoms with Gasteiger partial charge in [0.15, 0.2) is 0 Å². The molecule has 0 aliphatic carbocycles. The summed E-state index contributed by atoms with van der Waals surface area (Å²) in [6.07, 6.45) is -2.07. The number of methoxy groups -OCH3 is 1. The molecule has 0 spiro atoms. The van der Waals surface area contributed by atoms with Crippen LogP contribution in [-0.4, -0.2) is 50.2 Å². The molecule has 192 valence electrons. The molecule has 1 aliphatic heterocycles. The van der Waals surface area contributed by atoms with Crippen molar-refractivity contribution in [1.29, 1.82) is 0 Å². The minimum Gasteiger partial charge on any atom is -0.496 e. The van der Waals surface area contributed by atoms with Crippen molar-refractivity contribution in [2.45, 2.75) is 25.1 Å². The van der Waals surface area contributed by atoms with Crippen molar-refractivity contribution in [1.82, 2.24) is 9.88 Å². The number of thiophene rings is 1. The predicted octanol–water partition coefficient (Wildman–Crippen LogP) is 5.84. The van der Waals surface area contributed by atoms with Gasteiger partial charge in [-0.1, -0.05) is 6.07 Å². The van der Waals surface area contributed by atoms with Gasteiger partial charge in [-0.25, -0.2) is 9.78 Å². The largest absolute Gasteiger partial charge is 0.496 e. The highest BCUT2D eigenvalue weighted by atomic mass is 32.1. The fourth-order valence-corrected chi connectivity index (χ4v) is 4.78. The maximum Gasteiger partial charge on any atom is 0.420 e. The predicted molar refractivity (Wildman–Crippen MR) is 133 cm³/mol. The average molecular weight is 521 g/mol. The number of pyridine rings is 1. The number of nitrogens with one attached hydrogen (secondary N) is 1. The molecule has 1 atom stereocenters. The highest BCUT2D eigenvalue weighted by Crippen LogP contribution is 2.42. The first-order valence-electron chi connectivity index (χ1n) is 11.3. The molecule has 1 aromatic carbocycles. The number of nitrogens with zero attached hydrogens (tertiary/aromatic N) is 3. The number of rotatable bonds is 8. The van der Waals surface area contributed by atoms with Crippen LogP contribution in [0.5, 0.6) is 11.6 Å². The molecule has 1 aliphatic rings. The summed E-state index contributed by atoms with van der Waals surface area (Å²) in [5.41, 5.74) is 0.329. The molecule has 7 nitrogen and oxygen atoms in total. The molecule has 0 saturated heterocycles. The van der Waals surface area contributed by atoms with E-state index in [1.807, 2.05) is 31.6 Å². The first-order chi connectivity index (χ1) is 17.2. The van der Waals surface area contributed by atoms with E-state index < -0.39 is 17.8 Å². The van der Waals surface area contributed by atoms with E-state index in [0.29, 0.717) is 23.6 Å². The Hall–Kier alpha value is -3.31. The number of aromatic nitrogens is 1. The summed E-state index contributed by atoms with van der Waals surface area (Å²) < 4.78 is 51.4. The number of halogens is 3. The quantitative estimate of drug-likeness (QED) is 0.405. The Balaban J connectivity index is 1.45. The van der Waals surface area contributed by atoms with Crippen LogP contribution < -0.4 is 19.7 Å². The normalized spacial score (nSPS) is 14.0. The van der Waals surface area contributed by atoms with Crippen molar-refractivity contribution in [3.8, 4) is 11.6 Å². The summed E-state index contributed by atoms with van der Waals surface area (Å²) in [6, 6.07) is 9.09. The number of amides is 2. The van der Waals surface area contributed by atoms with Gasteiger partial charge in [-0.2, -0.15) is 13.2 Å². The SMILES string of the molecule is COc1cc2c(cc1C(F)(F)F)N(C(=O)Nc1ccc(OC(CCN(C)C)c3cccs3)nc1)CC2. The van der Waals surface area contributed by atoms with Crippen molar-refractivity contribution >= 4 is 28.7 Å². The Kier molecular flexibility index (Phi) is 7.70. The molecule has 3 heterocycles. The summed E-state index contributed by atoms with van der Waals surface area (Å²) in [7, 11) is 5.20. The first-order valence-corrected chi connectivity index (χ1v) is 12.2. The lowest BCUT2D eigenvalue weighted by Crippen LogP contribution is -2.33. The number of hydrogen-bond donors (Lipinski definition) is 1. The topological polar surface area (TPSA) is 66.9 Å². The van der Waals surface area contributed by atoms with E-state index in [1.165, 1.54) is 24.3 Å². The van der Waals surface area contributed by atoms with Crippen molar-refractivity contribution in [3.63, 3.8) is 0 Å². The molecule has 36 heavy (non-hydrogen) atoms. The molecule has 1 N–H and O–H groups in total. The highest BCUT2D eigenvalue weighted by molar-refractivity contribution is 7.10. The highest BCUT2D eigenvalue weighted by Gasteiger charge is 2.37. The van der Waals surface area contributed by atoms with E-state index in [2.05, 4.69) is 15.2 Å². The van der Waals surface area contributed by atoms with Crippen molar-refractivity contribution < 1.29 is 27.4 Å². The fraction of sp³-hybridized carbons (Fsp3) is 0.360. The number of carbonyl (C=O) groups excluding carboxylic acids is 1. The van der Waals surface area contributed by atoms with Crippen molar-refractivity contribution in [2.75, 3.05) is 44.5 Å². The van der Waals surface area contributed by atoms with Gasteiger partial charge < -0.3 is 19.7 Å². The lowest BCUT2D eigenvalue weighted by Gasteiger charge is -2.21. The van der Waals surface area contributed by atoms with Crippen LogP contribution in [-0.2, 0) is 12.6 Å². The van der Waals surface area contributed by atoms with Gasteiger partial charge >= 0.3 is 12.2 Å². The molecular weight excluding hydrogens is 493 g/mol. The molecule has 0 bridgehead atoms. The average Bonchev–Trinajstić information content (AvgIpc) is 3.51. The van der Waals surface area contributed by atoms with E-state index >= 15 is 0 Å². The van der Waals surface area contributed by atoms with Gasteiger partial charge in [0.25, 0.3) is 0 Å². The van der Waals surface area contributed by atoms with E-state index in [9.17, 15) is 18.0 Å². The number of anilines is 2. The lowest BCUT2D eigenvalue weighted by atomic mass is 10.1. The number of hydrogen-bond acceptors (Lipinski definition) is 6. The van der Waals surface area contributed by atoms with Crippen molar-refractivity contribution in [2.24, 2.45) is 0 Å². The summed E-state index contributed by atoms with van der Waals surface area (Å²) in [6.45, 7) is 1.10. The number of fused-ring (bicyclic) bond motifs is 1. The third kappa shape index (κ3) is 5.90. The zero-order valence-corrected chi connectivity index (χ0v) is 20.9. The monoisotopic (exact) mass is 520 g/mol. The molecule has 4 rings (SSSR count). The molecule has 0 saturated carbocycles. The maximum atomic E-state index is 13.5. The number of urea groups is 1. The van der Waals surface area contributed by atoms with Crippen LogP contribution in [0, 0.1) is 0 Å². The van der Waals surface area contributed by atoms with Crippen LogP contribution in [0.2, 0.25) is 0 Å². The van der Waals surface area contributed by atoms with E-state index in [1.54, 1.807) is 23.5 Å². The number of alkyl halides is 3. The molecular formula is C25H27F3N4O3S. The molecule has 11 heteroatoms. The van der Waals surface area contributed by atoms with Gasteiger partial charge in [0.2, 0.25) is 5.88 Å². The van der Waals surface area contributed by atoms with E-state index in [0.717, 1.165) is 23.9 Å². The molecule has 0 radical (unpaired) electrons. The molecule has 2 aromatic heterocycles. The van der Waals surface area contributed by atoms with E-state index in [4.69, 9.17) is 9.47 Å². The molecule has 1 unspecified atom stereocenters. The Bertz CT molecular complexity index is 1180. The smallest absolute Gasteiger partial charge is 0.420 e. The Labute approximate surface area is 211 Å². The van der Waals surface area contributed by atoms with Gasteiger partial charge in [0, 0.05) is 36.1 Å². The second-order valence-electron chi connectivity index (χ2n) is 8.61.